The Morgan fingerprint density at radius 1 is 1.08 bits per heavy atom. The van der Waals surface area contributed by atoms with Crippen LogP contribution in [0.25, 0.3) is 0 Å². The third-order valence-corrected chi connectivity index (χ3v) is 3.53. The summed E-state index contributed by atoms with van der Waals surface area (Å²) in [6.07, 6.45) is 3.75. The minimum Gasteiger partial charge on any atom is -0.491 e. The van der Waals surface area contributed by atoms with Crippen LogP contribution in [0.5, 0.6) is 5.75 Å². The van der Waals surface area contributed by atoms with E-state index in [2.05, 4.69) is 25.6 Å². The fourth-order valence-corrected chi connectivity index (χ4v) is 2.43. The molecule has 3 aromatic rings. The zero-order valence-corrected chi connectivity index (χ0v) is 15.2. The first-order valence-electron chi connectivity index (χ1n) is 8.61. The highest BCUT2D eigenvalue weighted by Gasteiger charge is 2.04. The molecule has 0 aliphatic heterocycles. The van der Waals surface area contributed by atoms with Gasteiger partial charge < -0.3 is 15.4 Å². The predicted octanol–water partition coefficient (Wildman–Crippen LogP) is 4.32. The van der Waals surface area contributed by atoms with Crippen molar-refractivity contribution in [2.75, 3.05) is 10.6 Å². The maximum atomic E-state index is 5.66. The number of ether oxygens (including phenoxy) is 1. The van der Waals surface area contributed by atoms with Crippen LogP contribution in [-0.4, -0.2) is 21.1 Å². The van der Waals surface area contributed by atoms with Crippen molar-refractivity contribution in [3.05, 3.63) is 66.1 Å². The predicted molar refractivity (Wildman–Crippen MR) is 104 cm³/mol. The van der Waals surface area contributed by atoms with E-state index in [0.717, 1.165) is 28.5 Å². The van der Waals surface area contributed by atoms with Gasteiger partial charge in [-0.25, -0.2) is 4.98 Å². The van der Waals surface area contributed by atoms with Gasteiger partial charge in [0.05, 0.1) is 6.10 Å². The molecule has 26 heavy (non-hydrogen) atoms. The first kappa shape index (κ1) is 17.7. The first-order valence-corrected chi connectivity index (χ1v) is 8.61. The Labute approximate surface area is 153 Å². The molecule has 0 unspecified atom stereocenters. The number of anilines is 3. The Hall–Kier alpha value is -3.15. The van der Waals surface area contributed by atoms with E-state index >= 15 is 0 Å². The standard InChI is InChI=1S/C20H23N5O/c1-14(2)26-18-8-6-17(7-9-18)24-20-23-15(3)11-19(25-20)22-13-16-5-4-10-21-12-16/h4-12,14H,13H2,1-3H3,(H2,22,23,24,25). The molecule has 0 radical (unpaired) electrons. The van der Waals surface area contributed by atoms with E-state index in [1.807, 2.05) is 69.4 Å². The molecule has 0 aliphatic rings. The fraction of sp³-hybridized carbons (Fsp3) is 0.250. The quantitative estimate of drug-likeness (QED) is 0.662. The van der Waals surface area contributed by atoms with Crippen molar-refractivity contribution >= 4 is 17.5 Å². The number of nitrogens with zero attached hydrogens (tertiary/aromatic N) is 3. The lowest BCUT2D eigenvalue weighted by molar-refractivity contribution is 0.242. The van der Waals surface area contributed by atoms with Crippen LogP contribution in [0.1, 0.15) is 25.1 Å². The van der Waals surface area contributed by atoms with Crippen molar-refractivity contribution in [3.63, 3.8) is 0 Å². The lowest BCUT2D eigenvalue weighted by atomic mass is 10.3. The van der Waals surface area contributed by atoms with E-state index in [1.165, 1.54) is 0 Å². The zero-order valence-electron chi connectivity index (χ0n) is 15.2. The molecule has 0 amide bonds. The van der Waals surface area contributed by atoms with E-state index in [9.17, 15) is 0 Å². The van der Waals surface area contributed by atoms with Crippen molar-refractivity contribution in [3.8, 4) is 5.75 Å². The number of aromatic nitrogens is 3. The highest BCUT2D eigenvalue weighted by molar-refractivity contribution is 5.56. The molecule has 2 N–H and O–H groups in total. The van der Waals surface area contributed by atoms with Gasteiger partial charge in [0, 0.05) is 36.4 Å². The largest absolute Gasteiger partial charge is 0.491 e. The molecule has 0 saturated carbocycles. The lowest BCUT2D eigenvalue weighted by Gasteiger charge is -2.12. The van der Waals surface area contributed by atoms with Gasteiger partial charge in [-0.15, -0.1) is 0 Å². The van der Waals surface area contributed by atoms with Gasteiger partial charge in [-0.2, -0.15) is 4.98 Å². The van der Waals surface area contributed by atoms with Gasteiger partial charge >= 0.3 is 0 Å². The molecule has 0 atom stereocenters. The van der Waals surface area contributed by atoms with E-state index in [-0.39, 0.29) is 6.10 Å². The second-order valence-electron chi connectivity index (χ2n) is 6.25. The summed E-state index contributed by atoms with van der Waals surface area (Å²) in [4.78, 5) is 13.1. The first-order chi connectivity index (χ1) is 12.6. The Bertz CT molecular complexity index is 835. The smallest absolute Gasteiger partial charge is 0.229 e. The summed E-state index contributed by atoms with van der Waals surface area (Å²) in [5, 5.41) is 6.54. The second kappa shape index (κ2) is 8.29. The van der Waals surface area contributed by atoms with E-state index in [4.69, 9.17) is 4.74 Å². The van der Waals surface area contributed by atoms with Crippen LogP contribution >= 0.6 is 0 Å². The molecule has 6 nitrogen and oxygen atoms in total. The summed E-state index contributed by atoms with van der Waals surface area (Å²) in [7, 11) is 0. The van der Waals surface area contributed by atoms with Gasteiger partial charge in [0.1, 0.15) is 11.6 Å². The minimum atomic E-state index is 0.155. The average molecular weight is 349 g/mol. The molecule has 2 heterocycles. The van der Waals surface area contributed by atoms with E-state index in [1.54, 1.807) is 6.20 Å². The molecule has 2 aromatic heterocycles. The fourth-order valence-electron chi connectivity index (χ4n) is 2.43. The highest BCUT2D eigenvalue weighted by Crippen LogP contribution is 2.20. The summed E-state index contributed by atoms with van der Waals surface area (Å²) in [5.41, 5.74) is 2.89. The van der Waals surface area contributed by atoms with Crippen LogP contribution < -0.4 is 15.4 Å². The molecule has 0 spiro atoms. The Morgan fingerprint density at radius 2 is 1.88 bits per heavy atom. The number of nitrogens with one attached hydrogen (secondary N) is 2. The summed E-state index contributed by atoms with van der Waals surface area (Å²) in [5.74, 6) is 2.16. The summed E-state index contributed by atoms with van der Waals surface area (Å²) in [6, 6.07) is 13.6. The van der Waals surface area contributed by atoms with E-state index < -0.39 is 0 Å². The second-order valence-corrected chi connectivity index (χ2v) is 6.25. The SMILES string of the molecule is Cc1cc(NCc2cccnc2)nc(Nc2ccc(OC(C)C)cc2)n1. The van der Waals surface area contributed by atoms with Gasteiger partial charge in [0.2, 0.25) is 5.95 Å². The molecular weight excluding hydrogens is 326 g/mol. The summed E-state index contributed by atoms with van der Waals surface area (Å²) < 4.78 is 5.66. The molecule has 1 aromatic carbocycles. The van der Waals surface area contributed by atoms with E-state index in [0.29, 0.717) is 12.5 Å². The van der Waals surface area contributed by atoms with Gasteiger partial charge in [0.25, 0.3) is 0 Å². The highest BCUT2D eigenvalue weighted by atomic mass is 16.5. The number of rotatable bonds is 7. The number of pyridine rings is 1. The maximum Gasteiger partial charge on any atom is 0.229 e. The number of hydrogen-bond donors (Lipinski definition) is 2. The van der Waals surface area contributed by atoms with Crippen molar-refractivity contribution in [1.29, 1.82) is 0 Å². The van der Waals surface area contributed by atoms with Crippen LogP contribution in [0.2, 0.25) is 0 Å². The van der Waals surface area contributed by atoms with Crippen molar-refractivity contribution in [2.24, 2.45) is 0 Å². The number of benzene rings is 1. The average Bonchev–Trinajstić information content (AvgIpc) is 2.62. The minimum absolute atomic E-state index is 0.155. The van der Waals surface area contributed by atoms with Gasteiger partial charge in [-0.3, -0.25) is 4.98 Å². The number of hydrogen-bond acceptors (Lipinski definition) is 6. The van der Waals surface area contributed by atoms with Crippen molar-refractivity contribution in [1.82, 2.24) is 15.0 Å². The molecule has 0 bridgehead atoms. The topological polar surface area (TPSA) is 72.0 Å². The molecule has 6 heteroatoms. The van der Waals surface area contributed by atoms with Gasteiger partial charge in [0.15, 0.2) is 0 Å². The normalized spacial score (nSPS) is 10.6. The molecule has 0 aliphatic carbocycles. The van der Waals surface area contributed by atoms with Crippen molar-refractivity contribution in [2.45, 2.75) is 33.4 Å². The third kappa shape index (κ3) is 5.17. The van der Waals surface area contributed by atoms with Crippen molar-refractivity contribution < 1.29 is 4.74 Å². The lowest BCUT2D eigenvalue weighted by Crippen LogP contribution is -2.06. The summed E-state index contributed by atoms with van der Waals surface area (Å²) in [6.45, 7) is 6.62. The summed E-state index contributed by atoms with van der Waals surface area (Å²) >= 11 is 0. The zero-order chi connectivity index (χ0) is 18.4. The molecular formula is C20H23N5O. The molecule has 134 valence electrons. The number of aryl methyl sites for hydroxylation is 1. The van der Waals surface area contributed by atoms with Crippen LogP contribution in [0.3, 0.4) is 0 Å². The maximum absolute atomic E-state index is 5.66. The molecule has 0 saturated heterocycles. The molecule has 0 fully saturated rings. The Morgan fingerprint density at radius 3 is 2.58 bits per heavy atom. The van der Waals surface area contributed by atoms with Crippen LogP contribution in [0, 0.1) is 6.92 Å². The molecule has 3 rings (SSSR count). The van der Waals surface area contributed by atoms with Gasteiger partial charge in [-0.1, -0.05) is 6.07 Å². The van der Waals surface area contributed by atoms with Crippen LogP contribution in [-0.2, 0) is 6.54 Å². The Balaban J connectivity index is 1.67. The van der Waals surface area contributed by atoms with Crippen LogP contribution in [0.15, 0.2) is 54.9 Å². The van der Waals surface area contributed by atoms with Gasteiger partial charge in [-0.05, 0) is 56.7 Å². The Kier molecular flexibility index (Phi) is 5.63. The monoisotopic (exact) mass is 349 g/mol. The van der Waals surface area contributed by atoms with Crippen LogP contribution in [0.4, 0.5) is 17.5 Å². The third-order valence-electron chi connectivity index (χ3n) is 3.53.